The highest BCUT2D eigenvalue weighted by Crippen LogP contribution is 2.13. The van der Waals surface area contributed by atoms with Crippen LogP contribution in [0.1, 0.15) is 17.3 Å². The fourth-order valence-corrected chi connectivity index (χ4v) is 2.36. The van der Waals surface area contributed by atoms with E-state index in [0.29, 0.717) is 16.9 Å². The summed E-state index contributed by atoms with van der Waals surface area (Å²) in [5, 5.41) is 11.3. The molecule has 0 saturated carbocycles. The first kappa shape index (κ1) is 18.5. The van der Waals surface area contributed by atoms with Crippen molar-refractivity contribution >= 4 is 57.8 Å². The summed E-state index contributed by atoms with van der Waals surface area (Å²) in [4.78, 5) is 22.9. The highest BCUT2D eigenvalue weighted by molar-refractivity contribution is 7.80. The Labute approximate surface area is 156 Å². The lowest BCUT2D eigenvalue weighted by atomic mass is 10.2. The van der Waals surface area contributed by atoms with Crippen molar-refractivity contribution in [2.75, 3.05) is 10.6 Å². The topological polar surface area (TPSA) is 82.3 Å². The second-order valence-corrected chi connectivity index (χ2v) is 5.80. The van der Waals surface area contributed by atoms with Crippen molar-refractivity contribution in [2.45, 2.75) is 6.92 Å². The van der Waals surface area contributed by atoms with Crippen LogP contribution in [0.25, 0.3) is 0 Å². The molecule has 2 rings (SSSR count). The first-order valence-electron chi connectivity index (χ1n) is 7.30. The largest absolute Gasteiger partial charge is 0.332 e. The molecule has 0 aliphatic heterocycles. The molecule has 4 N–H and O–H groups in total. The summed E-state index contributed by atoms with van der Waals surface area (Å²) in [5.74, 6) is -0.521. The predicted octanol–water partition coefficient (Wildman–Crippen LogP) is 2.65. The van der Waals surface area contributed by atoms with Crippen LogP contribution in [-0.2, 0) is 4.79 Å². The molecule has 6 nitrogen and oxygen atoms in total. The van der Waals surface area contributed by atoms with Crippen LogP contribution in [0.3, 0.4) is 0 Å². The average molecular weight is 372 g/mol. The first-order chi connectivity index (χ1) is 11.9. The summed E-state index contributed by atoms with van der Waals surface area (Å²) < 4.78 is 0. The van der Waals surface area contributed by atoms with Crippen molar-refractivity contribution in [3.63, 3.8) is 0 Å². The van der Waals surface area contributed by atoms with E-state index in [4.69, 9.17) is 24.4 Å². The molecule has 2 amide bonds. The van der Waals surface area contributed by atoms with Crippen molar-refractivity contribution in [2.24, 2.45) is 0 Å². The Morgan fingerprint density at radius 3 is 1.72 bits per heavy atom. The number of thiocarbonyl (C=S) groups is 2. The van der Waals surface area contributed by atoms with Crippen LogP contribution >= 0.6 is 24.4 Å². The van der Waals surface area contributed by atoms with Gasteiger partial charge in [0.2, 0.25) is 5.91 Å². The molecule has 25 heavy (non-hydrogen) atoms. The molecule has 0 aliphatic carbocycles. The van der Waals surface area contributed by atoms with E-state index in [0.717, 1.165) is 0 Å². The van der Waals surface area contributed by atoms with Crippen LogP contribution in [0, 0.1) is 0 Å². The van der Waals surface area contributed by atoms with Crippen LogP contribution in [-0.4, -0.2) is 22.0 Å². The normalized spacial score (nSPS) is 9.64. The van der Waals surface area contributed by atoms with Gasteiger partial charge in [-0.1, -0.05) is 18.2 Å². The Kier molecular flexibility index (Phi) is 6.55. The molecule has 0 radical (unpaired) electrons. The minimum Gasteiger partial charge on any atom is -0.332 e. The number of carbonyl (C=O) groups excluding carboxylic acids is 2. The Balaban J connectivity index is 1.88. The maximum absolute atomic E-state index is 12.0. The van der Waals surface area contributed by atoms with Crippen molar-refractivity contribution in [1.29, 1.82) is 0 Å². The zero-order valence-corrected chi connectivity index (χ0v) is 15.0. The van der Waals surface area contributed by atoms with E-state index in [-0.39, 0.29) is 22.0 Å². The van der Waals surface area contributed by atoms with E-state index in [1.165, 1.54) is 6.92 Å². The molecule has 0 spiro atoms. The predicted molar refractivity (Wildman–Crippen MR) is 107 cm³/mol. The van der Waals surface area contributed by atoms with Gasteiger partial charge in [0.1, 0.15) is 0 Å². The third-order valence-corrected chi connectivity index (χ3v) is 3.36. The summed E-state index contributed by atoms with van der Waals surface area (Å²) in [6.45, 7) is 1.38. The van der Waals surface area contributed by atoms with Crippen molar-refractivity contribution in [1.82, 2.24) is 10.6 Å². The number of benzene rings is 2. The molecule has 2 aromatic carbocycles. The Hall–Kier alpha value is -2.84. The van der Waals surface area contributed by atoms with Gasteiger partial charge < -0.3 is 16.0 Å². The SMILES string of the molecule is CC(=O)NC(=S)Nc1ccc(NC(=S)NC(=O)c2ccccc2)cc1. The van der Waals surface area contributed by atoms with Gasteiger partial charge in [0.15, 0.2) is 10.2 Å². The number of rotatable bonds is 3. The quantitative estimate of drug-likeness (QED) is 0.620. The lowest BCUT2D eigenvalue weighted by molar-refractivity contribution is -0.117. The standard InChI is InChI=1S/C17H16N4O2S2/c1-11(22)18-16(24)19-13-7-9-14(10-8-13)20-17(25)21-15(23)12-5-3-2-4-6-12/h2-10H,1H3,(H2,18,19,22,24)(H2,20,21,23,25). The summed E-state index contributed by atoms with van der Waals surface area (Å²) in [6.07, 6.45) is 0. The smallest absolute Gasteiger partial charge is 0.257 e. The van der Waals surface area contributed by atoms with Crippen LogP contribution in [0.4, 0.5) is 11.4 Å². The van der Waals surface area contributed by atoms with Gasteiger partial charge in [-0.2, -0.15) is 0 Å². The van der Waals surface area contributed by atoms with Gasteiger partial charge in [0, 0.05) is 23.9 Å². The zero-order chi connectivity index (χ0) is 18.2. The highest BCUT2D eigenvalue weighted by Gasteiger charge is 2.07. The van der Waals surface area contributed by atoms with E-state index in [2.05, 4.69) is 21.3 Å². The second-order valence-electron chi connectivity index (χ2n) is 4.99. The summed E-state index contributed by atoms with van der Waals surface area (Å²) in [7, 11) is 0. The van der Waals surface area contributed by atoms with Crippen molar-refractivity contribution in [3.05, 3.63) is 60.2 Å². The number of carbonyl (C=O) groups is 2. The third-order valence-electron chi connectivity index (χ3n) is 2.95. The molecular weight excluding hydrogens is 356 g/mol. The molecule has 2 aromatic rings. The molecule has 0 heterocycles. The molecule has 128 valence electrons. The fraction of sp³-hybridized carbons (Fsp3) is 0.0588. The van der Waals surface area contributed by atoms with Gasteiger partial charge in [0.05, 0.1) is 0 Å². The first-order valence-corrected chi connectivity index (χ1v) is 8.12. The minimum absolute atomic E-state index is 0.198. The summed E-state index contributed by atoms with van der Waals surface area (Å²) >= 11 is 10.1. The third kappa shape index (κ3) is 6.28. The average Bonchev–Trinajstić information content (AvgIpc) is 2.56. The molecule has 0 atom stereocenters. The summed E-state index contributed by atoms with van der Waals surface area (Å²) in [6, 6.07) is 15.9. The van der Waals surface area contributed by atoms with Gasteiger partial charge in [-0.25, -0.2) is 0 Å². The van der Waals surface area contributed by atoms with Gasteiger partial charge >= 0.3 is 0 Å². The molecule has 0 aromatic heterocycles. The molecule has 0 unspecified atom stereocenters. The lowest BCUT2D eigenvalue weighted by Crippen LogP contribution is -2.34. The van der Waals surface area contributed by atoms with Crippen molar-refractivity contribution in [3.8, 4) is 0 Å². The van der Waals surface area contributed by atoms with Gasteiger partial charge in [-0.05, 0) is 60.8 Å². The van der Waals surface area contributed by atoms with E-state index in [1.54, 1.807) is 48.5 Å². The molecular formula is C17H16N4O2S2. The Bertz CT molecular complexity index is 792. The maximum Gasteiger partial charge on any atom is 0.257 e. The fourth-order valence-electron chi connectivity index (χ4n) is 1.89. The van der Waals surface area contributed by atoms with Crippen LogP contribution in [0.2, 0.25) is 0 Å². The van der Waals surface area contributed by atoms with Crippen LogP contribution < -0.4 is 21.3 Å². The van der Waals surface area contributed by atoms with E-state index in [1.807, 2.05) is 6.07 Å². The number of amides is 2. The minimum atomic E-state index is -0.281. The molecule has 8 heteroatoms. The maximum atomic E-state index is 12.0. The van der Waals surface area contributed by atoms with Gasteiger partial charge in [-0.15, -0.1) is 0 Å². The monoisotopic (exact) mass is 372 g/mol. The van der Waals surface area contributed by atoms with Crippen LogP contribution in [0.5, 0.6) is 0 Å². The molecule has 0 fully saturated rings. The molecule has 0 bridgehead atoms. The highest BCUT2D eigenvalue weighted by atomic mass is 32.1. The van der Waals surface area contributed by atoms with E-state index >= 15 is 0 Å². The van der Waals surface area contributed by atoms with Gasteiger partial charge in [0.25, 0.3) is 5.91 Å². The number of anilines is 2. The van der Waals surface area contributed by atoms with Crippen LogP contribution in [0.15, 0.2) is 54.6 Å². The number of nitrogens with one attached hydrogen (secondary N) is 4. The molecule has 0 aliphatic rings. The number of hydrogen-bond acceptors (Lipinski definition) is 4. The van der Waals surface area contributed by atoms with Crippen molar-refractivity contribution < 1.29 is 9.59 Å². The van der Waals surface area contributed by atoms with E-state index < -0.39 is 0 Å². The Morgan fingerprint density at radius 1 is 0.760 bits per heavy atom. The van der Waals surface area contributed by atoms with E-state index in [9.17, 15) is 9.59 Å². The second kappa shape index (κ2) is 8.86. The summed E-state index contributed by atoms with van der Waals surface area (Å²) in [5.41, 5.74) is 1.94. The zero-order valence-electron chi connectivity index (χ0n) is 13.3. The lowest BCUT2D eigenvalue weighted by Gasteiger charge is -2.11. The Morgan fingerprint density at radius 2 is 1.24 bits per heavy atom. The number of hydrogen-bond donors (Lipinski definition) is 4. The molecule has 0 saturated heterocycles. The van der Waals surface area contributed by atoms with Gasteiger partial charge in [-0.3, -0.25) is 14.9 Å².